The van der Waals surface area contributed by atoms with Crippen molar-refractivity contribution in [1.82, 2.24) is 10.2 Å². The van der Waals surface area contributed by atoms with Gasteiger partial charge in [0.25, 0.3) is 0 Å². The Hall–Kier alpha value is -1.75. The van der Waals surface area contributed by atoms with Gasteiger partial charge in [-0.2, -0.15) is 0 Å². The second-order valence-corrected chi connectivity index (χ2v) is 6.27. The molecule has 1 fully saturated rings. The molecular formula is C18H28N2O3. The Morgan fingerprint density at radius 2 is 2.09 bits per heavy atom. The maximum Gasteiger partial charge on any atom is 0.234 e. The Labute approximate surface area is 139 Å². The first kappa shape index (κ1) is 17.6. The molecule has 23 heavy (non-hydrogen) atoms. The number of nitrogens with zero attached hydrogens (tertiary/aromatic N) is 1. The minimum absolute atomic E-state index is 0.111. The monoisotopic (exact) mass is 320 g/mol. The average molecular weight is 320 g/mol. The van der Waals surface area contributed by atoms with Gasteiger partial charge in [0, 0.05) is 13.1 Å². The number of hydrogen-bond donors (Lipinski definition) is 1. The lowest BCUT2D eigenvalue weighted by Crippen LogP contribution is -2.42. The number of piperidine rings is 1. The molecule has 1 unspecified atom stereocenters. The molecule has 0 saturated carbocycles. The topological polar surface area (TPSA) is 50.8 Å². The molecule has 1 N–H and O–H groups in total. The van der Waals surface area contributed by atoms with Crippen LogP contribution >= 0.6 is 0 Å². The van der Waals surface area contributed by atoms with Crippen LogP contribution in [-0.4, -0.2) is 51.2 Å². The molecule has 2 rings (SSSR count). The summed E-state index contributed by atoms with van der Waals surface area (Å²) in [7, 11) is 3.25. The highest BCUT2D eigenvalue weighted by Crippen LogP contribution is 2.27. The lowest BCUT2D eigenvalue weighted by atomic mass is 10.0. The van der Waals surface area contributed by atoms with Gasteiger partial charge in [-0.1, -0.05) is 13.0 Å². The third-order valence-corrected chi connectivity index (χ3v) is 4.29. The van der Waals surface area contributed by atoms with Crippen LogP contribution in [0.3, 0.4) is 0 Å². The lowest BCUT2D eigenvalue weighted by Gasteiger charge is -2.30. The maximum atomic E-state index is 12.0. The van der Waals surface area contributed by atoms with Gasteiger partial charge < -0.3 is 14.8 Å². The van der Waals surface area contributed by atoms with Crippen LogP contribution in [0.2, 0.25) is 0 Å². The fourth-order valence-corrected chi connectivity index (χ4v) is 3.07. The molecular weight excluding hydrogens is 292 g/mol. The van der Waals surface area contributed by atoms with Crippen LogP contribution in [0.4, 0.5) is 0 Å². The van der Waals surface area contributed by atoms with Crippen molar-refractivity contribution in [2.45, 2.75) is 26.2 Å². The smallest absolute Gasteiger partial charge is 0.234 e. The molecule has 5 nitrogen and oxygen atoms in total. The van der Waals surface area contributed by atoms with Crippen molar-refractivity contribution in [1.29, 1.82) is 0 Å². The largest absolute Gasteiger partial charge is 0.493 e. The highest BCUT2D eigenvalue weighted by atomic mass is 16.5. The van der Waals surface area contributed by atoms with Gasteiger partial charge in [0.1, 0.15) is 0 Å². The lowest BCUT2D eigenvalue weighted by molar-refractivity contribution is -0.122. The summed E-state index contributed by atoms with van der Waals surface area (Å²) in [4.78, 5) is 14.3. The quantitative estimate of drug-likeness (QED) is 0.836. The van der Waals surface area contributed by atoms with E-state index in [1.54, 1.807) is 14.2 Å². The molecule has 0 bridgehead atoms. The first-order chi connectivity index (χ1) is 11.1. The van der Waals surface area contributed by atoms with Crippen molar-refractivity contribution in [3.8, 4) is 11.5 Å². The van der Waals surface area contributed by atoms with Crippen LogP contribution in [0.25, 0.3) is 0 Å². The van der Waals surface area contributed by atoms with E-state index in [0.29, 0.717) is 19.0 Å². The molecule has 0 spiro atoms. The van der Waals surface area contributed by atoms with Crippen molar-refractivity contribution < 1.29 is 14.3 Å². The molecule has 128 valence electrons. The predicted molar refractivity (Wildman–Crippen MR) is 91.1 cm³/mol. The van der Waals surface area contributed by atoms with Crippen LogP contribution in [-0.2, 0) is 11.2 Å². The van der Waals surface area contributed by atoms with E-state index >= 15 is 0 Å². The standard InChI is InChI=1S/C18H28N2O3/c1-14-5-4-10-20(12-14)13-18(21)19-9-8-15-6-7-16(22-2)17(11-15)23-3/h6-7,11,14H,4-5,8-10,12-13H2,1-3H3,(H,19,21). The van der Waals surface area contributed by atoms with Crippen LogP contribution in [0.5, 0.6) is 11.5 Å². The zero-order valence-electron chi connectivity index (χ0n) is 14.4. The van der Waals surface area contributed by atoms with Gasteiger partial charge in [0.2, 0.25) is 5.91 Å². The maximum absolute atomic E-state index is 12.0. The average Bonchev–Trinajstić information content (AvgIpc) is 2.54. The van der Waals surface area contributed by atoms with Crippen molar-refractivity contribution >= 4 is 5.91 Å². The molecule has 1 aromatic carbocycles. The normalized spacial score (nSPS) is 18.5. The van der Waals surface area contributed by atoms with E-state index in [9.17, 15) is 4.79 Å². The molecule has 1 aliphatic rings. The molecule has 1 aromatic rings. The molecule has 5 heteroatoms. The van der Waals surface area contributed by atoms with Crippen LogP contribution in [0, 0.1) is 5.92 Å². The van der Waals surface area contributed by atoms with Crippen molar-refractivity contribution in [3.05, 3.63) is 23.8 Å². The SMILES string of the molecule is COc1ccc(CCNC(=O)CN2CCCC(C)C2)cc1OC. The first-order valence-electron chi connectivity index (χ1n) is 8.32. The number of ether oxygens (including phenoxy) is 2. The van der Waals surface area contributed by atoms with Gasteiger partial charge in [0.15, 0.2) is 11.5 Å². The van der Waals surface area contributed by atoms with E-state index in [1.165, 1.54) is 12.8 Å². The molecule has 0 radical (unpaired) electrons. The first-order valence-corrected chi connectivity index (χ1v) is 8.32. The van der Waals surface area contributed by atoms with Gasteiger partial charge >= 0.3 is 0 Å². The number of benzene rings is 1. The van der Waals surface area contributed by atoms with Gasteiger partial charge in [-0.25, -0.2) is 0 Å². The summed E-state index contributed by atoms with van der Waals surface area (Å²) in [6.45, 7) is 5.46. The van der Waals surface area contributed by atoms with Crippen LogP contribution < -0.4 is 14.8 Å². The number of carbonyl (C=O) groups excluding carboxylic acids is 1. The molecule has 1 heterocycles. The van der Waals surface area contributed by atoms with E-state index < -0.39 is 0 Å². The summed E-state index contributed by atoms with van der Waals surface area (Å²) in [5, 5.41) is 3.01. The highest BCUT2D eigenvalue weighted by molar-refractivity contribution is 5.78. The zero-order valence-corrected chi connectivity index (χ0v) is 14.4. The summed E-state index contributed by atoms with van der Waals surface area (Å²) in [5.41, 5.74) is 1.12. The fourth-order valence-electron chi connectivity index (χ4n) is 3.07. The molecule has 1 aliphatic heterocycles. The van der Waals surface area contributed by atoms with Crippen LogP contribution in [0.1, 0.15) is 25.3 Å². The Kier molecular flexibility index (Phi) is 6.71. The van der Waals surface area contributed by atoms with Crippen molar-refractivity contribution in [3.63, 3.8) is 0 Å². The Morgan fingerprint density at radius 1 is 1.30 bits per heavy atom. The fraction of sp³-hybridized carbons (Fsp3) is 0.611. The predicted octanol–water partition coefficient (Wildman–Crippen LogP) is 2.09. The Balaban J connectivity index is 1.75. The minimum atomic E-state index is 0.111. The number of rotatable bonds is 7. The number of likely N-dealkylation sites (tertiary alicyclic amines) is 1. The number of amides is 1. The third-order valence-electron chi connectivity index (χ3n) is 4.29. The second kappa shape index (κ2) is 8.77. The van der Waals surface area contributed by atoms with E-state index in [2.05, 4.69) is 17.1 Å². The summed E-state index contributed by atoms with van der Waals surface area (Å²) >= 11 is 0. The number of methoxy groups -OCH3 is 2. The molecule has 1 saturated heterocycles. The molecule has 0 aromatic heterocycles. The summed E-state index contributed by atoms with van der Waals surface area (Å²) < 4.78 is 10.5. The van der Waals surface area contributed by atoms with Crippen molar-refractivity contribution in [2.24, 2.45) is 5.92 Å². The third kappa shape index (κ3) is 5.43. The van der Waals surface area contributed by atoms with E-state index in [1.807, 2.05) is 18.2 Å². The van der Waals surface area contributed by atoms with E-state index in [-0.39, 0.29) is 5.91 Å². The van der Waals surface area contributed by atoms with Crippen LogP contribution in [0.15, 0.2) is 18.2 Å². The summed E-state index contributed by atoms with van der Waals surface area (Å²) in [5.74, 6) is 2.25. The molecule has 1 atom stereocenters. The van der Waals surface area contributed by atoms with Gasteiger partial charge in [-0.3, -0.25) is 9.69 Å². The zero-order chi connectivity index (χ0) is 16.7. The Morgan fingerprint density at radius 3 is 2.78 bits per heavy atom. The highest BCUT2D eigenvalue weighted by Gasteiger charge is 2.18. The molecule has 0 aliphatic carbocycles. The summed E-state index contributed by atoms with van der Waals surface area (Å²) in [6.07, 6.45) is 3.25. The number of nitrogens with one attached hydrogen (secondary N) is 1. The van der Waals surface area contributed by atoms with Crippen molar-refractivity contribution in [2.75, 3.05) is 40.4 Å². The summed E-state index contributed by atoms with van der Waals surface area (Å²) in [6, 6.07) is 5.85. The number of hydrogen-bond acceptors (Lipinski definition) is 4. The second-order valence-electron chi connectivity index (χ2n) is 6.27. The number of carbonyl (C=O) groups is 1. The minimum Gasteiger partial charge on any atom is -0.493 e. The Bertz CT molecular complexity index is 519. The van der Waals surface area contributed by atoms with E-state index in [4.69, 9.17) is 9.47 Å². The molecule has 1 amide bonds. The van der Waals surface area contributed by atoms with Gasteiger partial charge in [0.05, 0.1) is 20.8 Å². The van der Waals surface area contributed by atoms with E-state index in [0.717, 1.165) is 36.6 Å². The van der Waals surface area contributed by atoms with Gasteiger partial charge in [-0.15, -0.1) is 0 Å². The van der Waals surface area contributed by atoms with Gasteiger partial charge in [-0.05, 0) is 49.4 Å².